The molecule has 0 spiro atoms. The Balaban J connectivity index is 1.28. The van der Waals surface area contributed by atoms with Crippen molar-refractivity contribution in [3.63, 3.8) is 0 Å². The molecular weight excluding hydrogens is 354 g/mol. The van der Waals surface area contributed by atoms with E-state index in [1.165, 1.54) is 0 Å². The van der Waals surface area contributed by atoms with E-state index in [-0.39, 0.29) is 5.91 Å². The fraction of sp³-hybridized carbons (Fsp3) is 0.286. The van der Waals surface area contributed by atoms with Gasteiger partial charge in [0.25, 0.3) is 5.91 Å². The van der Waals surface area contributed by atoms with E-state index < -0.39 is 0 Å². The van der Waals surface area contributed by atoms with E-state index in [4.69, 9.17) is 4.74 Å². The van der Waals surface area contributed by atoms with Crippen LogP contribution in [0.25, 0.3) is 10.8 Å². The van der Waals surface area contributed by atoms with Gasteiger partial charge in [0.15, 0.2) is 0 Å². The van der Waals surface area contributed by atoms with Crippen LogP contribution in [0.15, 0.2) is 54.9 Å². The molecule has 1 fully saturated rings. The summed E-state index contributed by atoms with van der Waals surface area (Å²) in [7, 11) is 0. The first-order valence-corrected chi connectivity index (χ1v) is 9.45. The first-order valence-electron chi connectivity index (χ1n) is 9.45. The van der Waals surface area contributed by atoms with Crippen molar-refractivity contribution in [1.29, 1.82) is 0 Å². The lowest BCUT2D eigenvalue weighted by Gasteiger charge is -2.27. The molecule has 0 saturated carbocycles. The summed E-state index contributed by atoms with van der Waals surface area (Å²) < 4.78 is 5.37. The minimum atomic E-state index is -0.0794. The van der Waals surface area contributed by atoms with Crippen molar-refractivity contribution in [1.82, 2.24) is 15.3 Å². The molecular formula is C21H23N5O2. The van der Waals surface area contributed by atoms with Gasteiger partial charge in [-0.3, -0.25) is 4.79 Å². The number of aromatic nitrogens is 2. The summed E-state index contributed by atoms with van der Waals surface area (Å²) in [5.74, 6) is 1.56. The van der Waals surface area contributed by atoms with E-state index in [0.29, 0.717) is 31.9 Å². The molecule has 28 heavy (non-hydrogen) atoms. The summed E-state index contributed by atoms with van der Waals surface area (Å²) >= 11 is 0. The van der Waals surface area contributed by atoms with Gasteiger partial charge in [-0.2, -0.15) is 0 Å². The van der Waals surface area contributed by atoms with Gasteiger partial charge in [-0.05, 0) is 22.9 Å². The highest BCUT2D eigenvalue weighted by molar-refractivity contribution is 5.98. The standard InChI is InChI=1S/C21H23N5O2/c27-21(18-6-5-16-3-1-2-4-17(16)13-18)23-8-7-22-19-14-20(25-15-24-19)26-9-11-28-12-10-26/h1-6,13-15H,7-12H2,(H,23,27)(H,22,24,25). The molecule has 1 amide bonds. The van der Waals surface area contributed by atoms with Gasteiger partial charge in [-0.1, -0.05) is 30.3 Å². The van der Waals surface area contributed by atoms with Crippen LogP contribution in [0.4, 0.5) is 11.6 Å². The molecule has 0 atom stereocenters. The SMILES string of the molecule is O=C(NCCNc1cc(N2CCOCC2)ncn1)c1ccc2ccccc2c1. The van der Waals surface area contributed by atoms with Crippen molar-refractivity contribution in [2.75, 3.05) is 49.6 Å². The van der Waals surface area contributed by atoms with E-state index in [2.05, 4.69) is 25.5 Å². The number of ether oxygens (including phenoxy) is 1. The van der Waals surface area contributed by atoms with Crippen molar-refractivity contribution in [2.24, 2.45) is 0 Å². The number of carbonyl (C=O) groups is 1. The van der Waals surface area contributed by atoms with Crippen LogP contribution in [0.3, 0.4) is 0 Å². The molecule has 0 radical (unpaired) electrons. The Hall–Kier alpha value is -3.19. The summed E-state index contributed by atoms with van der Waals surface area (Å²) in [6.45, 7) is 4.18. The van der Waals surface area contributed by atoms with E-state index >= 15 is 0 Å². The van der Waals surface area contributed by atoms with E-state index in [0.717, 1.165) is 35.5 Å². The predicted molar refractivity (Wildman–Crippen MR) is 110 cm³/mol. The maximum Gasteiger partial charge on any atom is 0.251 e. The van der Waals surface area contributed by atoms with Crippen LogP contribution >= 0.6 is 0 Å². The molecule has 0 bridgehead atoms. The number of carbonyl (C=O) groups excluding carboxylic acids is 1. The third-order valence-corrected chi connectivity index (χ3v) is 4.72. The van der Waals surface area contributed by atoms with Gasteiger partial charge in [0.2, 0.25) is 0 Å². The normalized spacial score (nSPS) is 14.1. The topological polar surface area (TPSA) is 79.4 Å². The summed E-state index contributed by atoms with van der Waals surface area (Å²) in [5.41, 5.74) is 0.662. The number of morpholine rings is 1. The van der Waals surface area contributed by atoms with Crippen LogP contribution < -0.4 is 15.5 Å². The molecule has 0 aliphatic carbocycles. The maximum absolute atomic E-state index is 12.4. The van der Waals surface area contributed by atoms with Crippen LogP contribution in [0.2, 0.25) is 0 Å². The molecule has 7 heteroatoms. The van der Waals surface area contributed by atoms with Gasteiger partial charge < -0.3 is 20.3 Å². The average Bonchev–Trinajstić information content (AvgIpc) is 2.77. The minimum Gasteiger partial charge on any atom is -0.378 e. The molecule has 1 aliphatic rings. The Morgan fingerprint density at radius 2 is 1.82 bits per heavy atom. The number of benzene rings is 2. The fourth-order valence-corrected chi connectivity index (χ4v) is 3.21. The van der Waals surface area contributed by atoms with Gasteiger partial charge in [0.1, 0.15) is 18.0 Å². The monoisotopic (exact) mass is 377 g/mol. The molecule has 4 rings (SSSR count). The molecule has 2 aromatic carbocycles. The third-order valence-electron chi connectivity index (χ3n) is 4.72. The third kappa shape index (κ3) is 4.37. The largest absolute Gasteiger partial charge is 0.378 e. The van der Waals surface area contributed by atoms with Crippen LogP contribution in [-0.2, 0) is 4.74 Å². The number of nitrogens with one attached hydrogen (secondary N) is 2. The number of anilines is 2. The zero-order valence-electron chi connectivity index (χ0n) is 15.6. The molecule has 0 unspecified atom stereocenters. The van der Waals surface area contributed by atoms with Crippen molar-refractivity contribution in [3.8, 4) is 0 Å². The molecule has 144 valence electrons. The molecule has 1 saturated heterocycles. The lowest BCUT2D eigenvalue weighted by molar-refractivity contribution is 0.0955. The zero-order chi connectivity index (χ0) is 19.2. The lowest BCUT2D eigenvalue weighted by Crippen LogP contribution is -2.36. The Labute approximate surface area is 163 Å². The van der Waals surface area contributed by atoms with Gasteiger partial charge in [0.05, 0.1) is 13.2 Å². The number of amides is 1. The fourth-order valence-electron chi connectivity index (χ4n) is 3.21. The summed E-state index contributed by atoms with van der Waals surface area (Å²) in [6, 6.07) is 15.7. The number of nitrogens with zero attached hydrogens (tertiary/aromatic N) is 3. The van der Waals surface area contributed by atoms with Crippen LogP contribution in [0.5, 0.6) is 0 Å². The van der Waals surface area contributed by atoms with Crippen LogP contribution in [-0.4, -0.2) is 55.3 Å². The molecule has 3 aromatic rings. The van der Waals surface area contributed by atoms with Gasteiger partial charge >= 0.3 is 0 Å². The van der Waals surface area contributed by atoms with Crippen LogP contribution in [0.1, 0.15) is 10.4 Å². The van der Waals surface area contributed by atoms with Crippen molar-refractivity contribution < 1.29 is 9.53 Å². The second-order valence-electron chi connectivity index (χ2n) is 6.61. The Morgan fingerprint density at radius 1 is 1.00 bits per heavy atom. The summed E-state index contributed by atoms with van der Waals surface area (Å²) in [6.07, 6.45) is 1.56. The van der Waals surface area contributed by atoms with E-state index in [9.17, 15) is 4.79 Å². The first kappa shape index (κ1) is 18.2. The molecule has 2 N–H and O–H groups in total. The molecule has 1 aromatic heterocycles. The van der Waals surface area contributed by atoms with Gasteiger partial charge in [-0.15, -0.1) is 0 Å². The number of rotatable bonds is 6. The molecule has 1 aliphatic heterocycles. The Bertz CT molecular complexity index is 956. The summed E-state index contributed by atoms with van der Waals surface area (Å²) in [5, 5.41) is 8.36. The highest BCUT2D eigenvalue weighted by atomic mass is 16.5. The second-order valence-corrected chi connectivity index (χ2v) is 6.61. The highest BCUT2D eigenvalue weighted by Gasteiger charge is 2.13. The van der Waals surface area contributed by atoms with Gasteiger partial charge in [0, 0.05) is 37.8 Å². The van der Waals surface area contributed by atoms with Crippen molar-refractivity contribution in [2.45, 2.75) is 0 Å². The van der Waals surface area contributed by atoms with Crippen molar-refractivity contribution >= 4 is 28.3 Å². The first-order chi connectivity index (χ1) is 13.8. The van der Waals surface area contributed by atoms with Crippen LogP contribution in [0, 0.1) is 0 Å². The Morgan fingerprint density at radius 3 is 2.68 bits per heavy atom. The predicted octanol–water partition coefficient (Wildman–Crippen LogP) is 2.31. The number of hydrogen-bond donors (Lipinski definition) is 2. The van der Waals surface area contributed by atoms with E-state index in [1.54, 1.807) is 6.33 Å². The quantitative estimate of drug-likeness (QED) is 0.642. The Kier molecular flexibility index (Phi) is 5.63. The van der Waals surface area contributed by atoms with Crippen molar-refractivity contribution in [3.05, 3.63) is 60.4 Å². The average molecular weight is 377 g/mol. The smallest absolute Gasteiger partial charge is 0.251 e. The number of hydrogen-bond acceptors (Lipinski definition) is 6. The minimum absolute atomic E-state index is 0.0794. The number of fused-ring (bicyclic) bond motifs is 1. The lowest BCUT2D eigenvalue weighted by atomic mass is 10.1. The highest BCUT2D eigenvalue weighted by Crippen LogP contribution is 2.16. The zero-order valence-corrected chi connectivity index (χ0v) is 15.6. The second kappa shape index (κ2) is 8.67. The maximum atomic E-state index is 12.4. The molecule has 2 heterocycles. The van der Waals surface area contributed by atoms with Gasteiger partial charge in [-0.25, -0.2) is 9.97 Å². The summed E-state index contributed by atoms with van der Waals surface area (Å²) in [4.78, 5) is 23.1. The molecule has 7 nitrogen and oxygen atoms in total. The van der Waals surface area contributed by atoms with E-state index in [1.807, 2.05) is 48.5 Å².